The van der Waals surface area contributed by atoms with Crippen molar-refractivity contribution in [2.45, 2.75) is 72.0 Å². The summed E-state index contributed by atoms with van der Waals surface area (Å²) in [6.07, 6.45) is 2.22. The number of carboxylic acid groups (broad SMARTS) is 1. The van der Waals surface area contributed by atoms with Gasteiger partial charge in [-0.05, 0) is 71.1 Å². The molecule has 0 atom stereocenters. The van der Waals surface area contributed by atoms with Crippen molar-refractivity contribution in [2.24, 2.45) is 0 Å². The van der Waals surface area contributed by atoms with E-state index in [-0.39, 0.29) is 30.0 Å². The highest BCUT2D eigenvalue weighted by Gasteiger charge is 2.28. The standard InChI is InChI=1S/C25H32ClN3O5/c1-5-29(19-8-6-18(7-9-19)28-25(32)33)22-12-17(26)11-20(15(22)3)24(31)27-13-21-16(4)34-14(2)10-23(21)30/h10-12,18-19,28H,5-9,13H2,1-4H3,(H,27,31)(H,32,33)/t18-,19-. The Bertz CT molecular complexity index is 1120. The van der Waals surface area contributed by atoms with Gasteiger partial charge in [0.1, 0.15) is 11.5 Å². The number of anilines is 1. The van der Waals surface area contributed by atoms with Crippen molar-refractivity contribution >= 4 is 29.3 Å². The van der Waals surface area contributed by atoms with E-state index in [1.807, 2.05) is 13.0 Å². The lowest BCUT2D eigenvalue weighted by atomic mass is 9.89. The van der Waals surface area contributed by atoms with Crippen LogP contribution in [0.15, 0.2) is 27.4 Å². The molecule has 1 saturated carbocycles. The summed E-state index contributed by atoms with van der Waals surface area (Å²) in [4.78, 5) is 38.6. The van der Waals surface area contributed by atoms with Gasteiger partial charge in [-0.15, -0.1) is 0 Å². The zero-order valence-electron chi connectivity index (χ0n) is 20.0. The van der Waals surface area contributed by atoms with E-state index in [1.54, 1.807) is 19.9 Å². The van der Waals surface area contributed by atoms with Crippen molar-refractivity contribution in [2.75, 3.05) is 11.4 Å². The van der Waals surface area contributed by atoms with E-state index in [2.05, 4.69) is 22.5 Å². The van der Waals surface area contributed by atoms with E-state index in [9.17, 15) is 14.4 Å². The fourth-order valence-electron chi connectivity index (χ4n) is 4.78. The second-order valence-electron chi connectivity index (χ2n) is 8.78. The van der Waals surface area contributed by atoms with Gasteiger partial charge in [-0.1, -0.05) is 11.6 Å². The van der Waals surface area contributed by atoms with Crippen LogP contribution in [0.5, 0.6) is 0 Å². The number of carbonyl (C=O) groups is 2. The van der Waals surface area contributed by atoms with Crippen LogP contribution < -0.4 is 21.0 Å². The van der Waals surface area contributed by atoms with Gasteiger partial charge in [0.25, 0.3) is 5.91 Å². The van der Waals surface area contributed by atoms with Crippen LogP contribution in [0.4, 0.5) is 10.5 Å². The zero-order valence-corrected chi connectivity index (χ0v) is 20.8. The first-order valence-corrected chi connectivity index (χ1v) is 11.9. The Labute approximate surface area is 204 Å². The highest BCUT2D eigenvalue weighted by molar-refractivity contribution is 6.31. The maximum absolute atomic E-state index is 13.1. The van der Waals surface area contributed by atoms with Gasteiger partial charge in [-0.25, -0.2) is 4.79 Å². The second kappa shape index (κ2) is 11.0. The van der Waals surface area contributed by atoms with E-state index in [4.69, 9.17) is 21.1 Å². The van der Waals surface area contributed by atoms with Crippen molar-refractivity contribution < 1.29 is 19.1 Å². The minimum absolute atomic E-state index is 0.0304. The number of amides is 2. The average molecular weight is 490 g/mol. The van der Waals surface area contributed by atoms with Crippen LogP contribution in [0, 0.1) is 20.8 Å². The number of benzene rings is 1. The number of hydrogen-bond donors (Lipinski definition) is 3. The van der Waals surface area contributed by atoms with Crippen molar-refractivity contribution in [1.82, 2.24) is 10.6 Å². The van der Waals surface area contributed by atoms with Crippen LogP contribution in [0.2, 0.25) is 5.02 Å². The number of carbonyl (C=O) groups excluding carboxylic acids is 1. The summed E-state index contributed by atoms with van der Waals surface area (Å²) in [6, 6.07) is 5.12. The van der Waals surface area contributed by atoms with Crippen LogP contribution in [0.3, 0.4) is 0 Å². The van der Waals surface area contributed by atoms with Gasteiger partial charge in [0.15, 0.2) is 5.43 Å². The molecule has 1 heterocycles. The molecule has 0 bridgehead atoms. The summed E-state index contributed by atoms with van der Waals surface area (Å²) in [5.41, 5.74) is 2.40. The molecule has 0 aliphatic heterocycles. The Morgan fingerprint density at radius 1 is 1.15 bits per heavy atom. The molecular weight excluding hydrogens is 458 g/mol. The van der Waals surface area contributed by atoms with Crippen LogP contribution in [-0.2, 0) is 6.54 Å². The van der Waals surface area contributed by atoms with Gasteiger partial charge in [-0.3, -0.25) is 9.59 Å². The van der Waals surface area contributed by atoms with Crippen LogP contribution >= 0.6 is 11.6 Å². The molecular formula is C25H32ClN3O5. The molecule has 3 rings (SSSR count). The minimum Gasteiger partial charge on any atom is -0.466 e. The second-order valence-corrected chi connectivity index (χ2v) is 9.21. The van der Waals surface area contributed by atoms with E-state index < -0.39 is 6.09 Å². The summed E-state index contributed by atoms with van der Waals surface area (Å²) < 4.78 is 5.51. The summed E-state index contributed by atoms with van der Waals surface area (Å²) in [6.45, 7) is 8.16. The van der Waals surface area contributed by atoms with Gasteiger partial charge in [0.2, 0.25) is 0 Å². The van der Waals surface area contributed by atoms with Crippen LogP contribution in [0.1, 0.15) is 65.6 Å². The Hall–Kier alpha value is -3.00. The summed E-state index contributed by atoms with van der Waals surface area (Å²) in [5.74, 6) is 0.699. The van der Waals surface area contributed by atoms with Crippen molar-refractivity contribution in [3.8, 4) is 0 Å². The van der Waals surface area contributed by atoms with E-state index in [0.717, 1.165) is 43.5 Å². The van der Waals surface area contributed by atoms with Gasteiger partial charge in [0, 0.05) is 41.0 Å². The molecule has 9 heteroatoms. The first kappa shape index (κ1) is 25.6. The molecule has 8 nitrogen and oxygen atoms in total. The van der Waals surface area contributed by atoms with Gasteiger partial charge >= 0.3 is 6.09 Å². The van der Waals surface area contributed by atoms with Crippen LogP contribution in [-0.4, -0.2) is 35.7 Å². The van der Waals surface area contributed by atoms with Crippen molar-refractivity contribution in [3.63, 3.8) is 0 Å². The smallest absolute Gasteiger partial charge is 0.404 e. The molecule has 1 fully saturated rings. The minimum atomic E-state index is -0.990. The van der Waals surface area contributed by atoms with Crippen LogP contribution in [0.25, 0.3) is 0 Å². The number of rotatable bonds is 7. The summed E-state index contributed by atoms with van der Waals surface area (Å²) in [7, 11) is 0. The lowest BCUT2D eigenvalue weighted by Crippen LogP contribution is -2.44. The van der Waals surface area contributed by atoms with Crippen molar-refractivity contribution in [1.29, 1.82) is 0 Å². The van der Waals surface area contributed by atoms with E-state index in [1.165, 1.54) is 6.07 Å². The molecule has 0 spiro atoms. The molecule has 1 aromatic heterocycles. The molecule has 0 radical (unpaired) electrons. The molecule has 1 aliphatic carbocycles. The first-order valence-electron chi connectivity index (χ1n) is 11.5. The summed E-state index contributed by atoms with van der Waals surface area (Å²) >= 11 is 6.42. The van der Waals surface area contributed by atoms with Crippen molar-refractivity contribution in [3.05, 3.63) is 61.7 Å². The largest absolute Gasteiger partial charge is 0.466 e. The topological polar surface area (TPSA) is 112 Å². The average Bonchev–Trinajstić information content (AvgIpc) is 2.76. The predicted molar refractivity (Wildman–Crippen MR) is 132 cm³/mol. The summed E-state index contributed by atoms with van der Waals surface area (Å²) in [5, 5.41) is 14.8. The molecule has 1 aliphatic rings. The molecule has 0 unspecified atom stereocenters. The van der Waals surface area contributed by atoms with Gasteiger partial charge in [0.05, 0.1) is 12.1 Å². The number of hydrogen-bond acceptors (Lipinski definition) is 5. The lowest BCUT2D eigenvalue weighted by molar-refractivity contribution is 0.0950. The highest BCUT2D eigenvalue weighted by Crippen LogP contribution is 2.33. The third kappa shape index (κ3) is 5.91. The Morgan fingerprint density at radius 3 is 2.41 bits per heavy atom. The quantitative estimate of drug-likeness (QED) is 0.526. The molecule has 2 aromatic rings. The third-order valence-electron chi connectivity index (χ3n) is 6.50. The molecule has 34 heavy (non-hydrogen) atoms. The Morgan fingerprint density at radius 2 is 1.82 bits per heavy atom. The SMILES string of the molecule is CCN(c1cc(Cl)cc(C(=O)NCc2c(C)oc(C)cc2=O)c1C)[C@H]1CC[C@H](NC(=O)O)CC1. The number of aryl methyl sites for hydroxylation is 2. The number of nitrogens with one attached hydrogen (secondary N) is 2. The van der Waals surface area contributed by atoms with E-state index >= 15 is 0 Å². The zero-order chi connectivity index (χ0) is 25.0. The third-order valence-corrected chi connectivity index (χ3v) is 6.72. The monoisotopic (exact) mass is 489 g/mol. The first-order chi connectivity index (χ1) is 16.1. The molecule has 0 saturated heterocycles. The predicted octanol–water partition coefficient (Wildman–Crippen LogP) is 4.55. The fraction of sp³-hybridized carbons (Fsp3) is 0.480. The normalized spacial score (nSPS) is 17.8. The Balaban J connectivity index is 1.79. The number of halogens is 1. The fourth-order valence-corrected chi connectivity index (χ4v) is 5.00. The Kier molecular flexibility index (Phi) is 8.25. The van der Waals surface area contributed by atoms with Gasteiger partial charge < -0.3 is 25.1 Å². The maximum Gasteiger partial charge on any atom is 0.404 e. The molecule has 184 valence electrons. The van der Waals surface area contributed by atoms with E-state index in [0.29, 0.717) is 27.7 Å². The maximum atomic E-state index is 13.1. The molecule has 2 amide bonds. The molecule has 3 N–H and O–H groups in total. The molecule has 1 aromatic carbocycles. The number of nitrogens with zero attached hydrogens (tertiary/aromatic N) is 1. The highest BCUT2D eigenvalue weighted by atomic mass is 35.5. The lowest BCUT2D eigenvalue weighted by Gasteiger charge is -2.39. The van der Waals surface area contributed by atoms with Gasteiger partial charge in [-0.2, -0.15) is 0 Å².